The molecular weight excluding hydrogens is 239 g/mol. The number of nitrogens with zero attached hydrogens (tertiary/aromatic N) is 2. The number of halogens is 2. The second-order valence-corrected chi connectivity index (χ2v) is 4.08. The standard InChI is InChI=1S/C9H8Cl2N2O2/c10-7-4-6(8(11)13-12-7)9(14)15-5-2-1-3-5/h4-5H,1-3H2. The fraction of sp³-hybridized carbons (Fsp3) is 0.444. The van der Waals surface area contributed by atoms with E-state index in [1.54, 1.807) is 0 Å². The summed E-state index contributed by atoms with van der Waals surface area (Å²) in [6.07, 6.45) is 2.94. The van der Waals surface area contributed by atoms with Crippen LogP contribution in [0.1, 0.15) is 29.6 Å². The molecule has 0 aliphatic heterocycles. The molecule has 0 N–H and O–H groups in total. The largest absolute Gasteiger partial charge is 0.459 e. The van der Waals surface area contributed by atoms with Crippen molar-refractivity contribution in [3.8, 4) is 0 Å². The summed E-state index contributed by atoms with van der Waals surface area (Å²) in [5.74, 6) is -0.485. The van der Waals surface area contributed by atoms with Crippen molar-refractivity contribution < 1.29 is 9.53 Å². The van der Waals surface area contributed by atoms with Gasteiger partial charge in [-0.25, -0.2) is 4.79 Å². The van der Waals surface area contributed by atoms with Crippen molar-refractivity contribution in [1.29, 1.82) is 0 Å². The van der Waals surface area contributed by atoms with Crippen LogP contribution in [0.2, 0.25) is 10.3 Å². The van der Waals surface area contributed by atoms with Crippen molar-refractivity contribution in [2.45, 2.75) is 25.4 Å². The second-order valence-electron chi connectivity index (χ2n) is 3.33. The molecule has 1 fully saturated rings. The van der Waals surface area contributed by atoms with Crippen LogP contribution in [0.15, 0.2) is 6.07 Å². The molecule has 6 heteroatoms. The second kappa shape index (κ2) is 4.33. The molecule has 0 saturated heterocycles. The lowest BCUT2D eigenvalue weighted by Crippen LogP contribution is -2.25. The van der Waals surface area contributed by atoms with E-state index < -0.39 is 5.97 Å². The molecule has 0 unspecified atom stereocenters. The number of aromatic nitrogens is 2. The molecule has 4 nitrogen and oxygen atoms in total. The summed E-state index contributed by atoms with van der Waals surface area (Å²) < 4.78 is 5.16. The zero-order valence-electron chi connectivity index (χ0n) is 7.74. The summed E-state index contributed by atoms with van der Waals surface area (Å²) in [7, 11) is 0. The lowest BCUT2D eigenvalue weighted by atomic mass is 9.96. The number of ether oxygens (including phenoxy) is 1. The Kier molecular flexibility index (Phi) is 3.07. The highest BCUT2D eigenvalue weighted by atomic mass is 35.5. The van der Waals surface area contributed by atoms with Gasteiger partial charge in [0.1, 0.15) is 11.7 Å². The van der Waals surface area contributed by atoms with E-state index in [1.807, 2.05) is 0 Å². The van der Waals surface area contributed by atoms with Gasteiger partial charge in [0.05, 0.1) is 0 Å². The fourth-order valence-corrected chi connectivity index (χ4v) is 1.52. The lowest BCUT2D eigenvalue weighted by Gasteiger charge is -2.25. The maximum absolute atomic E-state index is 11.6. The summed E-state index contributed by atoms with van der Waals surface area (Å²) in [4.78, 5) is 11.6. The van der Waals surface area contributed by atoms with Crippen LogP contribution in [0, 0.1) is 0 Å². The minimum absolute atomic E-state index is 0.0144. The highest BCUT2D eigenvalue weighted by Gasteiger charge is 2.24. The van der Waals surface area contributed by atoms with E-state index in [9.17, 15) is 4.79 Å². The van der Waals surface area contributed by atoms with Crippen LogP contribution in [-0.4, -0.2) is 22.3 Å². The van der Waals surface area contributed by atoms with Crippen LogP contribution in [0.4, 0.5) is 0 Å². The Morgan fingerprint density at radius 3 is 2.73 bits per heavy atom. The molecule has 1 heterocycles. The molecule has 1 saturated carbocycles. The quantitative estimate of drug-likeness (QED) is 0.753. The summed E-state index contributed by atoms with van der Waals surface area (Å²) >= 11 is 11.3. The summed E-state index contributed by atoms with van der Waals surface area (Å²) in [5, 5.41) is 7.19. The van der Waals surface area contributed by atoms with Crippen molar-refractivity contribution in [3.63, 3.8) is 0 Å². The van der Waals surface area contributed by atoms with E-state index in [-0.39, 0.29) is 22.0 Å². The maximum Gasteiger partial charge on any atom is 0.341 e. The molecule has 2 rings (SSSR count). The summed E-state index contributed by atoms with van der Waals surface area (Å²) in [6, 6.07) is 1.36. The van der Waals surface area contributed by atoms with E-state index in [1.165, 1.54) is 6.07 Å². The lowest BCUT2D eigenvalue weighted by molar-refractivity contribution is 0.00896. The van der Waals surface area contributed by atoms with Gasteiger partial charge in [0, 0.05) is 0 Å². The Morgan fingerprint density at radius 1 is 1.40 bits per heavy atom. The molecule has 1 aromatic rings. The number of carbonyl (C=O) groups excluding carboxylic acids is 1. The van der Waals surface area contributed by atoms with E-state index >= 15 is 0 Å². The first-order valence-corrected chi connectivity index (χ1v) is 5.32. The fourth-order valence-electron chi connectivity index (χ4n) is 1.20. The predicted octanol–water partition coefficient (Wildman–Crippen LogP) is 2.49. The van der Waals surface area contributed by atoms with Gasteiger partial charge in [0.25, 0.3) is 0 Å². The molecule has 0 aromatic carbocycles. The normalized spacial score (nSPS) is 15.9. The first kappa shape index (κ1) is 10.6. The average Bonchev–Trinajstić information content (AvgIpc) is 2.15. The van der Waals surface area contributed by atoms with Gasteiger partial charge in [0.2, 0.25) is 0 Å². The van der Waals surface area contributed by atoms with Gasteiger partial charge in [0.15, 0.2) is 10.3 Å². The number of hydrogen-bond acceptors (Lipinski definition) is 4. The monoisotopic (exact) mass is 246 g/mol. The third-order valence-electron chi connectivity index (χ3n) is 2.26. The minimum atomic E-state index is -0.485. The molecule has 0 radical (unpaired) electrons. The zero-order chi connectivity index (χ0) is 10.8. The van der Waals surface area contributed by atoms with Crippen LogP contribution < -0.4 is 0 Å². The van der Waals surface area contributed by atoms with Crippen molar-refractivity contribution in [1.82, 2.24) is 10.2 Å². The number of hydrogen-bond donors (Lipinski definition) is 0. The highest BCUT2D eigenvalue weighted by Crippen LogP contribution is 2.24. The Bertz CT molecular complexity index is 394. The first-order valence-electron chi connectivity index (χ1n) is 4.56. The molecule has 1 aliphatic carbocycles. The predicted molar refractivity (Wildman–Crippen MR) is 55.1 cm³/mol. The van der Waals surface area contributed by atoms with Crippen LogP contribution in [0.3, 0.4) is 0 Å². The Morgan fingerprint density at radius 2 is 2.13 bits per heavy atom. The van der Waals surface area contributed by atoms with Crippen LogP contribution in [0.25, 0.3) is 0 Å². The van der Waals surface area contributed by atoms with Crippen molar-refractivity contribution in [3.05, 3.63) is 21.9 Å². The molecule has 0 bridgehead atoms. The highest BCUT2D eigenvalue weighted by molar-refractivity contribution is 6.33. The molecule has 0 spiro atoms. The number of rotatable bonds is 2. The molecule has 0 atom stereocenters. The van der Waals surface area contributed by atoms with Gasteiger partial charge in [-0.1, -0.05) is 23.2 Å². The molecule has 80 valence electrons. The van der Waals surface area contributed by atoms with Crippen molar-refractivity contribution >= 4 is 29.2 Å². The van der Waals surface area contributed by atoms with E-state index in [0.717, 1.165) is 19.3 Å². The van der Waals surface area contributed by atoms with E-state index in [0.29, 0.717) is 0 Å². The van der Waals surface area contributed by atoms with Gasteiger partial charge in [-0.3, -0.25) is 0 Å². The van der Waals surface area contributed by atoms with Crippen molar-refractivity contribution in [2.75, 3.05) is 0 Å². The average molecular weight is 247 g/mol. The molecule has 1 aromatic heterocycles. The van der Waals surface area contributed by atoms with Crippen LogP contribution >= 0.6 is 23.2 Å². The Labute approximate surface area is 96.5 Å². The minimum Gasteiger partial charge on any atom is -0.459 e. The third kappa shape index (κ3) is 2.38. The number of carbonyl (C=O) groups is 1. The topological polar surface area (TPSA) is 52.1 Å². The van der Waals surface area contributed by atoms with Gasteiger partial charge in [-0.2, -0.15) is 0 Å². The first-order chi connectivity index (χ1) is 7.16. The van der Waals surface area contributed by atoms with Gasteiger partial charge in [-0.05, 0) is 25.3 Å². The van der Waals surface area contributed by atoms with Crippen LogP contribution in [0.5, 0.6) is 0 Å². The Balaban J connectivity index is 2.12. The van der Waals surface area contributed by atoms with E-state index in [4.69, 9.17) is 27.9 Å². The summed E-state index contributed by atoms with van der Waals surface area (Å²) in [5.41, 5.74) is 0.170. The van der Waals surface area contributed by atoms with Crippen LogP contribution in [-0.2, 0) is 4.74 Å². The molecule has 1 aliphatic rings. The van der Waals surface area contributed by atoms with Gasteiger partial charge >= 0.3 is 5.97 Å². The molecule has 0 amide bonds. The molecular formula is C9H8Cl2N2O2. The third-order valence-corrected chi connectivity index (χ3v) is 2.73. The van der Waals surface area contributed by atoms with Gasteiger partial charge < -0.3 is 4.74 Å². The van der Waals surface area contributed by atoms with E-state index in [2.05, 4.69) is 10.2 Å². The maximum atomic E-state index is 11.6. The zero-order valence-corrected chi connectivity index (χ0v) is 9.25. The smallest absolute Gasteiger partial charge is 0.341 e. The van der Waals surface area contributed by atoms with Crippen molar-refractivity contribution in [2.24, 2.45) is 0 Å². The molecule has 15 heavy (non-hydrogen) atoms. The Hall–Kier alpha value is -0.870. The SMILES string of the molecule is O=C(OC1CCC1)c1cc(Cl)nnc1Cl. The summed E-state index contributed by atoms with van der Waals surface area (Å²) in [6.45, 7) is 0. The van der Waals surface area contributed by atoms with Gasteiger partial charge in [-0.15, -0.1) is 10.2 Å². The number of esters is 1.